The highest BCUT2D eigenvalue weighted by Gasteiger charge is 2.34. The Morgan fingerprint density at radius 3 is 2.70 bits per heavy atom. The number of rotatable bonds is 4. The molecule has 1 unspecified atom stereocenters. The number of hydrogen-bond donors (Lipinski definition) is 0. The second-order valence-electron chi connectivity index (χ2n) is 6.39. The van der Waals surface area contributed by atoms with Crippen LogP contribution in [0.5, 0.6) is 0 Å². The van der Waals surface area contributed by atoms with Crippen molar-refractivity contribution < 1.29 is 13.7 Å². The summed E-state index contributed by atoms with van der Waals surface area (Å²) in [5.74, 6) is 0.0396. The number of hydrogen-bond acceptors (Lipinski definition) is 4. The SMILES string of the molecule is O=C1CC(c2nc(-c3ccc(F)c(Cl)c3)no2)CN1Cc1ccc(Cl)cc1. The molecule has 138 valence electrons. The van der Waals surface area contributed by atoms with E-state index in [1.165, 1.54) is 18.2 Å². The van der Waals surface area contributed by atoms with Gasteiger partial charge in [0.15, 0.2) is 0 Å². The number of carbonyl (C=O) groups is 1. The minimum Gasteiger partial charge on any atom is -0.339 e. The lowest BCUT2D eigenvalue weighted by atomic mass is 10.1. The van der Waals surface area contributed by atoms with Crippen LogP contribution in [0.4, 0.5) is 4.39 Å². The van der Waals surface area contributed by atoms with E-state index in [1.807, 2.05) is 12.1 Å². The zero-order valence-corrected chi connectivity index (χ0v) is 15.5. The van der Waals surface area contributed by atoms with E-state index >= 15 is 0 Å². The lowest BCUT2D eigenvalue weighted by molar-refractivity contribution is -0.128. The molecule has 3 aromatic rings. The first-order valence-electron chi connectivity index (χ1n) is 8.31. The Bertz CT molecular complexity index is 991. The lowest BCUT2D eigenvalue weighted by Crippen LogP contribution is -2.24. The van der Waals surface area contributed by atoms with Gasteiger partial charge in [-0.15, -0.1) is 0 Å². The molecule has 0 N–H and O–H groups in total. The Labute approximate surface area is 164 Å². The Morgan fingerprint density at radius 2 is 1.96 bits per heavy atom. The predicted molar refractivity (Wildman–Crippen MR) is 98.9 cm³/mol. The molecule has 27 heavy (non-hydrogen) atoms. The molecule has 0 aliphatic carbocycles. The van der Waals surface area contributed by atoms with Gasteiger partial charge in [0.05, 0.1) is 10.9 Å². The van der Waals surface area contributed by atoms with Crippen LogP contribution < -0.4 is 0 Å². The maximum atomic E-state index is 13.3. The van der Waals surface area contributed by atoms with Gasteiger partial charge in [0.1, 0.15) is 5.82 Å². The molecular formula is C19H14Cl2FN3O2. The van der Waals surface area contributed by atoms with E-state index in [-0.39, 0.29) is 16.8 Å². The fourth-order valence-corrected chi connectivity index (χ4v) is 3.36. The smallest absolute Gasteiger partial charge is 0.232 e. The standard InChI is InChI=1S/C19H14Cl2FN3O2/c20-14-4-1-11(2-5-14)9-25-10-13(8-17(25)26)19-23-18(24-27-19)12-3-6-16(22)15(21)7-12/h1-7,13H,8-10H2. The van der Waals surface area contributed by atoms with Crippen LogP contribution in [0.3, 0.4) is 0 Å². The number of likely N-dealkylation sites (tertiary alicyclic amines) is 1. The van der Waals surface area contributed by atoms with Crippen molar-refractivity contribution >= 4 is 29.1 Å². The normalized spacial score (nSPS) is 16.9. The van der Waals surface area contributed by atoms with Crippen molar-refractivity contribution in [3.05, 3.63) is 69.8 Å². The second-order valence-corrected chi connectivity index (χ2v) is 7.23. The van der Waals surface area contributed by atoms with Crippen LogP contribution in [0.1, 0.15) is 23.8 Å². The van der Waals surface area contributed by atoms with Crippen LogP contribution >= 0.6 is 23.2 Å². The van der Waals surface area contributed by atoms with Crippen molar-refractivity contribution in [1.29, 1.82) is 0 Å². The van der Waals surface area contributed by atoms with Gasteiger partial charge in [-0.05, 0) is 35.9 Å². The zero-order chi connectivity index (χ0) is 19.0. The third kappa shape index (κ3) is 3.82. The minimum atomic E-state index is -0.511. The van der Waals surface area contributed by atoms with Gasteiger partial charge in [0, 0.05) is 30.1 Å². The molecule has 4 rings (SSSR count). The molecular weight excluding hydrogens is 392 g/mol. The summed E-state index contributed by atoms with van der Waals surface area (Å²) in [6, 6.07) is 11.6. The first-order chi connectivity index (χ1) is 13.0. The van der Waals surface area contributed by atoms with Crippen molar-refractivity contribution in [3.8, 4) is 11.4 Å². The van der Waals surface area contributed by atoms with E-state index in [1.54, 1.807) is 17.0 Å². The van der Waals surface area contributed by atoms with Gasteiger partial charge >= 0.3 is 0 Å². The highest BCUT2D eigenvalue weighted by atomic mass is 35.5. The van der Waals surface area contributed by atoms with Crippen LogP contribution in [-0.4, -0.2) is 27.5 Å². The van der Waals surface area contributed by atoms with Crippen molar-refractivity contribution in [2.75, 3.05) is 6.54 Å². The first kappa shape index (κ1) is 17.9. The number of carbonyl (C=O) groups excluding carboxylic acids is 1. The van der Waals surface area contributed by atoms with Crippen LogP contribution in [0, 0.1) is 5.82 Å². The third-order valence-electron chi connectivity index (χ3n) is 4.47. The predicted octanol–water partition coefficient (Wildman–Crippen LogP) is 4.70. The van der Waals surface area contributed by atoms with Crippen LogP contribution in [0.2, 0.25) is 10.0 Å². The van der Waals surface area contributed by atoms with Gasteiger partial charge in [-0.2, -0.15) is 4.98 Å². The molecule has 1 fully saturated rings. The van der Waals surface area contributed by atoms with Crippen molar-refractivity contribution in [1.82, 2.24) is 15.0 Å². The first-order valence-corrected chi connectivity index (χ1v) is 9.06. The average molecular weight is 406 g/mol. The van der Waals surface area contributed by atoms with Gasteiger partial charge < -0.3 is 9.42 Å². The quantitative estimate of drug-likeness (QED) is 0.631. The Balaban J connectivity index is 1.48. The monoisotopic (exact) mass is 405 g/mol. The van der Waals surface area contributed by atoms with Crippen LogP contribution in [-0.2, 0) is 11.3 Å². The molecule has 2 heterocycles. The summed E-state index contributed by atoms with van der Waals surface area (Å²) >= 11 is 11.7. The molecule has 1 atom stereocenters. The number of benzene rings is 2. The van der Waals surface area contributed by atoms with Gasteiger partial charge in [-0.3, -0.25) is 4.79 Å². The summed E-state index contributed by atoms with van der Waals surface area (Å²) in [4.78, 5) is 18.5. The maximum Gasteiger partial charge on any atom is 0.232 e. The average Bonchev–Trinajstić information content (AvgIpc) is 3.27. The Hall–Kier alpha value is -2.44. The highest BCUT2D eigenvalue weighted by molar-refractivity contribution is 6.31. The molecule has 0 saturated carbocycles. The summed E-state index contributed by atoms with van der Waals surface area (Å²) in [5, 5.41) is 4.58. The largest absolute Gasteiger partial charge is 0.339 e. The molecule has 1 aliphatic heterocycles. The van der Waals surface area contributed by atoms with Crippen molar-refractivity contribution in [2.24, 2.45) is 0 Å². The van der Waals surface area contributed by atoms with Crippen LogP contribution in [0.25, 0.3) is 11.4 Å². The zero-order valence-electron chi connectivity index (χ0n) is 14.0. The summed E-state index contributed by atoms with van der Waals surface area (Å²) in [6.07, 6.45) is 0.305. The van der Waals surface area contributed by atoms with Gasteiger partial charge in [-0.25, -0.2) is 4.39 Å². The topological polar surface area (TPSA) is 59.2 Å². The summed E-state index contributed by atoms with van der Waals surface area (Å²) in [7, 11) is 0. The summed E-state index contributed by atoms with van der Waals surface area (Å²) in [5.41, 5.74) is 1.55. The van der Waals surface area contributed by atoms with Crippen molar-refractivity contribution in [2.45, 2.75) is 18.9 Å². The number of aromatic nitrogens is 2. The molecule has 0 bridgehead atoms. The van der Waals surface area contributed by atoms with E-state index < -0.39 is 5.82 Å². The number of nitrogens with zero attached hydrogens (tertiary/aromatic N) is 3. The molecule has 1 aromatic heterocycles. The molecule has 1 amide bonds. The lowest BCUT2D eigenvalue weighted by Gasteiger charge is -2.16. The molecule has 2 aromatic carbocycles. The molecule has 1 saturated heterocycles. The Kier molecular flexibility index (Phi) is 4.85. The summed E-state index contributed by atoms with van der Waals surface area (Å²) in [6.45, 7) is 0.994. The minimum absolute atomic E-state index is 0.0102. The molecule has 8 heteroatoms. The van der Waals surface area contributed by atoms with Gasteiger partial charge in [0.25, 0.3) is 0 Å². The van der Waals surface area contributed by atoms with E-state index in [4.69, 9.17) is 27.7 Å². The third-order valence-corrected chi connectivity index (χ3v) is 5.01. The molecule has 1 aliphatic rings. The number of amides is 1. The number of halogens is 3. The van der Waals surface area contributed by atoms with Gasteiger partial charge in [-0.1, -0.05) is 40.5 Å². The van der Waals surface area contributed by atoms with Crippen LogP contribution in [0.15, 0.2) is 47.0 Å². The maximum absolute atomic E-state index is 13.3. The molecule has 5 nitrogen and oxygen atoms in total. The van der Waals surface area contributed by atoms with E-state index in [0.717, 1.165) is 5.56 Å². The van der Waals surface area contributed by atoms with E-state index in [9.17, 15) is 9.18 Å². The molecule has 0 spiro atoms. The Morgan fingerprint density at radius 1 is 1.19 bits per heavy atom. The fourth-order valence-electron chi connectivity index (χ4n) is 3.05. The second kappa shape index (κ2) is 7.29. The van der Waals surface area contributed by atoms with Crippen molar-refractivity contribution in [3.63, 3.8) is 0 Å². The summed E-state index contributed by atoms with van der Waals surface area (Å²) < 4.78 is 18.6. The van der Waals surface area contributed by atoms with E-state index in [2.05, 4.69) is 10.1 Å². The van der Waals surface area contributed by atoms with E-state index in [0.29, 0.717) is 41.8 Å². The molecule has 0 radical (unpaired) electrons. The fraction of sp³-hybridized carbons (Fsp3) is 0.211. The highest BCUT2D eigenvalue weighted by Crippen LogP contribution is 2.30. The van der Waals surface area contributed by atoms with Gasteiger partial charge in [0.2, 0.25) is 17.6 Å².